The number of amides is 1. The fourth-order valence-electron chi connectivity index (χ4n) is 2.66. The van der Waals surface area contributed by atoms with Crippen molar-refractivity contribution in [3.8, 4) is 0 Å². The molecule has 1 fully saturated rings. The van der Waals surface area contributed by atoms with Crippen molar-refractivity contribution in [1.29, 1.82) is 0 Å². The standard InChI is InChI=1S/C15H22N2O/c1-4-8-13-15(18)17(5-2)14(16-13)12-10-7-6-9-11(12)3/h6-7,9-10,13-14,16H,4-5,8H2,1-3H3. The zero-order valence-corrected chi connectivity index (χ0v) is 11.4. The van der Waals surface area contributed by atoms with Crippen LogP contribution in [-0.4, -0.2) is 23.4 Å². The molecular weight excluding hydrogens is 224 g/mol. The van der Waals surface area contributed by atoms with Gasteiger partial charge in [-0.15, -0.1) is 0 Å². The van der Waals surface area contributed by atoms with Crippen LogP contribution in [0.1, 0.15) is 44.0 Å². The van der Waals surface area contributed by atoms with Crippen LogP contribution in [0.4, 0.5) is 0 Å². The third-order valence-corrected chi connectivity index (χ3v) is 3.65. The molecule has 1 N–H and O–H groups in total. The first-order valence-corrected chi connectivity index (χ1v) is 6.81. The first-order chi connectivity index (χ1) is 8.69. The van der Waals surface area contributed by atoms with Gasteiger partial charge in [0, 0.05) is 6.54 Å². The molecule has 3 nitrogen and oxygen atoms in total. The number of nitrogens with zero attached hydrogens (tertiary/aromatic N) is 1. The van der Waals surface area contributed by atoms with Crippen LogP contribution in [0, 0.1) is 6.92 Å². The molecule has 2 rings (SSSR count). The van der Waals surface area contributed by atoms with Crippen molar-refractivity contribution in [2.75, 3.05) is 6.54 Å². The Morgan fingerprint density at radius 3 is 2.61 bits per heavy atom. The predicted molar refractivity (Wildman–Crippen MR) is 73.1 cm³/mol. The maximum absolute atomic E-state index is 12.3. The van der Waals surface area contributed by atoms with E-state index in [-0.39, 0.29) is 18.1 Å². The minimum atomic E-state index is -0.0143. The Hall–Kier alpha value is -1.35. The van der Waals surface area contributed by atoms with Gasteiger partial charge in [-0.05, 0) is 31.4 Å². The van der Waals surface area contributed by atoms with Crippen LogP contribution in [-0.2, 0) is 4.79 Å². The zero-order chi connectivity index (χ0) is 13.1. The van der Waals surface area contributed by atoms with Gasteiger partial charge >= 0.3 is 0 Å². The van der Waals surface area contributed by atoms with E-state index in [1.807, 2.05) is 24.0 Å². The minimum absolute atomic E-state index is 0.0143. The van der Waals surface area contributed by atoms with Crippen LogP contribution < -0.4 is 5.32 Å². The van der Waals surface area contributed by atoms with Crippen LogP contribution in [0.5, 0.6) is 0 Å². The summed E-state index contributed by atoms with van der Waals surface area (Å²) in [6, 6.07) is 8.27. The van der Waals surface area contributed by atoms with Gasteiger partial charge in [-0.25, -0.2) is 0 Å². The maximum Gasteiger partial charge on any atom is 0.241 e. The van der Waals surface area contributed by atoms with Crippen LogP contribution >= 0.6 is 0 Å². The Labute approximate surface area is 109 Å². The third kappa shape index (κ3) is 2.27. The molecule has 3 heteroatoms. The summed E-state index contributed by atoms with van der Waals surface area (Å²) in [5.74, 6) is 0.243. The molecule has 0 saturated carbocycles. The Morgan fingerprint density at radius 1 is 1.28 bits per heavy atom. The molecule has 0 aromatic heterocycles. The van der Waals surface area contributed by atoms with Crippen molar-refractivity contribution >= 4 is 5.91 Å². The van der Waals surface area contributed by atoms with Crippen LogP contribution in [0.25, 0.3) is 0 Å². The van der Waals surface area contributed by atoms with Gasteiger partial charge in [0.05, 0.1) is 6.04 Å². The number of aryl methyl sites for hydroxylation is 1. The van der Waals surface area contributed by atoms with Gasteiger partial charge < -0.3 is 4.90 Å². The van der Waals surface area contributed by atoms with Gasteiger partial charge in [0.15, 0.2) is 0 Å². The van der Waals surface area contributed by atoms with E-state index >= 15 is 0 Å². The molecule has 2 unspecified atom stereocenters. The molecule has 1 aromatic carbocycles. The maximum atomic E-state index is 12.3. The average Bonchev–Trinajstić information content (AvgIpc) is 2.67. The summed E-state index contributed by atoms with van der Waals surface area (Å²) in [4.78, 5) is 14.2. The quantitative estimate of drug-likeness (QED) is 0.885. The molecule has 1 amide bonds. The van der Waals surface area contributed by atoms with E-state index in [1.54, 1.807) is 0 Å². The van der Waals surface area contributed by atoms with Crippen LogP contribution in [0.15, 0.2) is 24.3 Å². The first-order valence-electron chi connectivity index (χ1n) is 6.81. The highest BCUT2D eigenvalue weighted by Crippen LogP contribution is 2.28. The second-order valence-electron chi connectivity index (χ2n) is 4.89. The summed E-state index contributed by atoms with van der Waals surface area (Å²) in [6.45, 7) is 7.01. The molecule has 0 bridgehead atoms. The SMILES string of the molecule is CCCC1NC(c2ccccc2C)N(CC)C1=O. The third-order valence-electron chi connectivity index (χ3n) is 3.65. The van der Waals surface area contributed by atoms with E-state index in [9.17, 15) is 4.79 Å². The van der Waals surface area contributed by atoms with Gasteiger partial charge in [-0.2, -0.15) is 0 Å². The summed E-state index contributed by atoms with van der Waals surface area (Å²) in [7, 11) is 0. The summed E-state index contributed by atoms with van der Waals surface area (Å²) >= 11 is 0. The fourth-order valence-corrected chi connectivity index (χ4v) is 2.66. The smallest absolute Gasteiger partial charge is 0.241 e. The number of hydrogen-bond acceptors (Lipinski definition) is 2. The molecule has 1 aliphatic heterocycles. The van der Waals surface area contributed by atoms with E-state index < -0.39 is 0 Å². The molecule has 0 spiro atoms. The average molecular weight is 246 g/mol. The summed E-state index contributed by atoms with van der Waals surface area (Å²) in [5.41, 5.74) is 2.45. The molecule has 2 atom stereocenters. The normalized spacial score (nSPS) is 23.7. The highest BCUT2D eigenvalue weighted by atomic mass is 16.2. The topological polar surface area (TPSA) is 32.3 Å². The molecule has 18 heavy (non-hydrogen) atoms. The number of rotatable bonds is 4. The van der Waals surface area contributed by atoms with Crippen molar-refractivity contribution in [2.45, 2.75) is 45.8 Å². The predicted octanol–water partition coefficient (Wildman–Crippen LogP) is 2.61. The lowest BCUT2D eigenvalue weighted by Crippen LogP contribution is -2.31. The Bertz CT molecular complexity index is 430. The zero-order valence-electron chi connectivity index (χ0n) is 11.4. The minimum Gasteiger partial charge on any atom is -0.322 e. The Balaban J connectivity index is 2.28. The monoisotopic (exact) mass is 246 g/mol. The van der Waals surface area contributed by atoms with Crippen molar-refractivity contribution in [3.63, 3.8) is 0 Å². The fraction of sp³-hybridized carbons (Fsp3) is 0.533. The van der Waals surface area contributed by atoms with Crippen molar-refractivity contribution in [1.82, 2.24) is 10.2 Å². The number of likely N-dealkylation sites (N-methyl/N-ethyl adjacent to an activating group) is 1. The van der Waals surface area contributed by atoms with Crippen LogP contribution in [0.2, 0.25) is 0 Å². The van der Waals surface area contributed by atoms with Gasteiger partial charge in [-0.1, -0.05) is 37.6 Å². The number of hydrogen-bond donors (Lipinski definition) is 1. The summed E-state index contributed by atoms with van der Waals surface area (Å²) in [5, 5.41) is 3.48. The number of nitrogens with one attached hydrogen (secondary N) is 1. The second kappa shape index (κ2) is 5.53. The highest BCUT2D eigenvalue weighted by molar-refractivity contribution is 5.84. The van der Waals surface area contributed by atoms with E-state index in [0.717, 1.165) is 19.4 Å². The summed E-state index contributed by atoms with van der Waals surface area (Å²) in [6.07, 6.45) is 1.99. The van der Waals surface area contributed by atoms with Gasteiger partial charge in [0.2, 0.25) is 5.91 Å². The number of carbonyl (C=O) groups excluding carboxylic acids is 1. The van der Waals surface area contributed by atoms with Gasteiger partial charge in [0.25, 0.3) is 0 Å². The van der Waals surface area contributed by atoms with Gasteiger partial charge in [0.1, 0.15) is 6.17 Å². The van der Waals surface area contributed by atoms with Gasteiger partial charge in [-0.3, -0.25) is 10.1 Å². The second-order valence-corrected chi connectivity index (χ2v) is 4.89. The van der Waals surface area contributed by atoms with Crippen molar-refractivity contribution in [3.05, 3.63) is 35.4 Å². The molecule has 1 heterocycles. The van der Waals surface area contributed by atoms with E-state index in [0.29, 0.717) is 0 Å². The number of carbonyl (C=O) groups is 1. The molecule has 1 saturated heterocycles. The summed E-state index contributed by atoms with van der Waals surface area (Å²) < 4.78 is 0. The lowest BCUT2D eigenvalue weighted by atomic mass is 10.1. The van der Waals surface area contributed by atoms with Crippen molar-refractivity contribution < 1.29 is 4.79 Å². The molecule has 1 aromatic rings. The first kappa shape index (κ1) is 13.1. The Morgan fingerprint density at radius 2 is 2.00 bits per heavy atom. The van der Waals surface area contributed by atoms with E-state index in [1.165, 1.54) is 11.1 Å². The molecule has 0 radical (unpaired) electrons. The van der Waals surface area contributed by atoms with E-state index in [4.69, 9.17) is 0 Å². The molecule has 0 aliphatic carbocycles. The van der Waals surface area contributed by atoms with Crippen molar-refractivity contribution in [2.24, 2.45) is 0 Å². The molecule has 98 valence electrons. The Kier molecular flexibility index (Phi) is 4.02. The highest BCUT2D eigenvalue weighted by Gasteiger charge is 2.38. The van der Waals surface area contributed by atoms with Crippen LogP contribution in [0.3, 0.4) is 0 Å². The molecule has 1 aliphatic rings. The lowest BCUT2D eigenvalue weighted by molar-refractivity contribution is -0.130. The number of benzene rings is 1. The lowest BCUT2D eigenvalue weighted by Gasteiger charge is -2.24. The van der Waals surface area contributed by atoms with E-state index in [2.05, 4.69) is 31.3 Å². The largest absolute Gasteiger partial charge is 0.322 e. The molecular formula is C15H22N2O.